The fourth-order valence-electron chi connectivity index (χ4n) is 5.16. The van der Waals surface area contributed by atoms with Gasteiger partial charge in [0.2, 0.25) is 5.88 Å². The fraction of sp³-hybridized carbons (Fsp3) is 0.235. The summed E-state index contributed by atoms with van der Waals surface area (Å²) in [6.45, 7) is 1.80. The Kier molecular flexibility index (Phi) is 12.9. The molecule has 0 spiro atoms. The van der Waals surface area contributed by atoms with Crippen molar-refractivity contribution in [2.75, 3.05) is 7.11 Å². The number of carbonyl (C=O) groups is 1. The second kappa shape index (κ2) is 17.4. The van der Waals surface area contributed by atoms with Crippen molar-refractivity contribution in [1.82, 2.24) is 44.7 Å². The molecule has 1 N–H and O–H groups in total. The summed E-state index contributed by atoms with van der Waals surface area (Å²) in [5, 5.41) is 20.2. The standard InChI is InChI=1S/C18H14Cl2N6O2.C16H17Cl2F2N3O2/c1-24-18(27)26(23-22-24)16-4-2-3-15(20)14(16)11-28-17-9-10-25(21-17)13-7-5-12(19)6-8-13;1-8(14(25-3)10-5-4-9(17)6-12(10)18)21-16(24)11-7-23(2)22-13(11)15(19)20/h2-10H,11H2,1H3;4-8,14-15H,1-3H3,(H,21,24). The minimum atomic E-state index is -2.85. The van der Waals surface area contributed by atoms with Crippen LogP contribution in [0.4, 0.5) is 8.78 Å². The van der Waals surface area contributed by atoms with Crippen LogP contribution in [0.15, 0.2) is 83.9 Å². The molecule has 2 atom stereocenters. The van der Waals surface area contributed by atoms with Crippen molar-refractivity contribution in [3.05, 3.63) is 132 Å². The third-order valence-corrected chi connectivity index (χ3v) is 8.88. The van der Waals surface area contributed by atoms with Crippen LogP contribution in [0.5, 0.6) is 5.88 Å². The number of hydrogen-bond donors (Lipinski definition) is 1. The lowest BCUT2D eigenvalue weighted by molar-refractivity contribution is 0.0641. The van der Waals surface area contributed by atoms with E-state index in [1.165, 1.54) is 36.8 Å². The van der Waals surface area contributed by atoms with Gasteiger partial charge >= 0.3 is 5.69 Å². The van der Waals surface area contributed by atoms with E-state index in [4.69, 9.17) is 55.9 Å². The lowest BCUT2D eigenvalue weighted by Gasteiger charge is -2.25. The summed E-state index contributed by atoms with van der Waals surface area (Å²) in [6.07, 6.45) is -0.401. The quantitative estimate of drug-likeness (QED) is 0.145. The van der Waals surface area contributed by atoms with Gasteiger partial charge in [-0.1, -0.05) is 58.5 Å². The molecule has 0 aliphatic heterocycles. The van der Waals surface area contributed by atoms with Gasteiger partial charge in [0.1, 0.15) is 18.4 Å². The number of halogens is 6. The molecule has 3 aromatic heterocycles. The van der Waals surface area contributed by atoms with E-state index in [-0.39, 0.29) is 17.9 Å². The molecule has 0 saturated carbocycles. The van der Waals surface area contributed by atoms with Crippen molar-refractivity contribution in [1.29, 1.82) is 0 Å². The Morgan fingerprint density at radius 3 is 2.28 bits per heavy atom. The Morgan fingerprint density at radius 1 is 0.925 bits per heavy atom. The third kappa shape index (κ3) is 9.42. The number of alkyl halides is 2. The minimum absolute atomic E-state index is 0.107. The molecule has 13 nitrogen and oxygen atoms in total. The molecule has 19 heteroatoms. The second-order valence-corrected chi connectivity index (χ2v) is 13.1. The van der Waals surface area contributed by atoms with Gasteiger partial charge in [0.05, 0.1) is 23.0 Å². The van der Waals surface area contributed by atoms with Crippen molar-refractivity contribution in [2.24, 2.45) is 14.1 Å². The zero-order chi connectivity index (χ0) is 38.4. The summed E-state index contributed by atoms with van der Waals surface area (Å²) in [5.41, 5.74) is 1.46. The molecule has 278 valence electrons. The maximum atomic E-state index is 13.0. The smallest absolute Gasteiger partial charge is 0.368 e. The van der Waals surface area contributed by atoms with Gasteiger partial charge < -0.3 is 14.8 Å². The zero-order valence-corrected chi connectivity index (χ0v) is 31.4. The highest BCUT2D eigenvalue weighted by molar-refractivity contribution is 6.35. The minimum Gasteiger partial charge on any atom is -0.472 e. The molecule has 3 aromatic carbocycles. The Balaban J connectivity index is 0.000000206. The Hall–Kier alpha value is -4.80. The predicted octanol–water partition coefficient (Wildman–Crippen LogP) is 7.21. The summed E-state index contributed by atoms with van der Waals surface area (Å²) in [6, 6.07) is 18.6. The summed E-state index contributed by atoms with van der Waals surface area (Å²) >= 11 is 24.3. The molecule has 0 fully saturated rings. The first-order chi connectivity index (χ1) is 25.3. The van der Waals surface area contributed by atoms with Gasteiger partial charge in [-0.2, -0.15) is 14.5 Å². The molecule has 1 amide bonds. The summed E-state index contributed by atoms with van der Waals surface area (Å²) in [4.78, 5) is 24.6. The zero-order valence-electron chi connectivity index (χ0n) is 28.4. The van der Waals surface area contributed by atoms with E-state index >= 15 is 0 Å². The normalized spacial score (nSPS) is 12.3. The van der Waals surface area contributed by atoms with Crippen LogP contribution < -0.4 is 15.7 Å². The molecule has 0 aliphatic rings. The maximum absolute atomic E-state index is 13.0. The number of carbonyl (C=O) groups excluding carboxylic acids is 1. The third-order valence-electron chi connectivity index (χ3n) is 7.71. The largest absolute Gasteiger partial charge is 0.472 e. The highest BCUT2D eigenvalue weighted by Crippen LogP contribution is 2.31. The first-order valence-electron chi connectivity index (χ1n) is 15.6. The van der Waals surface area contributed by atoms with Crippen LogP contribution in [0, 0.1) is 0 Å². The van der Waals surface area contributed by atoms with Gasteiger partial charge in [-0.05, 0) is 65.9 Å². The van der Waals surface area contributed by atoms with Gasteiger partial charge in [0.15, 0.2) is 0 Å². The van der Waals surface area contributed by atoms with Gasteiger partial charge in [-0.25, -0.2) is 18.3 Å². The highest BCUT2D eigenvalue weighted by Gasteiger charge is 2.27. The molecule has 0 radical (unpaired) electrons. The molecule has 2 unspecified atom stereocenters. The van der Waals surface area contributed by atoms with Gasteiger partial charge in [-0.15, -0.1) is 5.10 Å². The number of benzene rings is 3. The topological polar surface area (TPSA) is 136 Å². The first-order valence-corrected chi connectivity index (χ1v) is 17.1. The van der Waals surface area contributed by atoms with E-state index in [1.807, 2.05) is 12.1 Å². The van der Waals surface area contributed by atoms with Crippen LogP contribution in [-0.4, -0.2) is 58.4 Å². The van der Waals surface area contributed by atoms with Crippen LogP contribution in [0.1, 0.15) is 46.6 Å². The molecule has 3 heterocycles. The van der Waals surface area contributed by atoms with Crippen molar-refractivity contribution < 1.29 is 23.0 Å². The molecular formula is C34H31Cl4F2N9O4. The Labute approximate surface area is 321 Å². The molecule has 53 heavy (non-hydrogen) atoms. The Bertz CT molecular complexity index is 2260. The van der Waals surface area contributed by atoms with Crippen LogP contribution in [-0.2, 0) is 25.4 Å². The Morgan fingerprint density at radius 2 is 1.64 bits per heavy atom. The maximum Gasteiger partial charge on any atom is 0.368 e. The molecule has 0 saturated heterocycles. The van der Waals surface area contributed by atoms with E-state index < -0.39 is 30.2 Å². The summed E-state index contributed by atoms with van der Waals surface area (Å²) < 4.78 is 42.4. The first kappa shape index (κ1) is 39.4. The number of amides is 1. The van der Waals surface area contributed by atoms with E-state index in [0.29, 0.717) is 42.8 Å². The number of hydrogen-bond acceptors (Lipinski definition) is 8. The van der Waals surface area contributed by atoms with E-state index in [2.05, 4.69) is 25.9 Å². The number of aromatic nitrogens is 8. The average molecular weight is 809 g/mol. The summed E-state index contributed by atoms with van der Waals surface area (Å²) in [7, 11) is 4.46. The SMILES string of the molecule is COC(c1ccc(Cl)cc1Cl)C(C)NC(=O)c1cn(C)nc1C(F)F.Cn1nnn(-c2cccc(Cl)c2COc2ccn(-c3ccc(Cl)cc3)n2)c1=O. The fourth-order valence-corrected chi connectivity index (χ4v) is 6.02. The lowest BCUT2D eigenvalue weighted by Crippen LogP contribution is -2.38. The number of ether oxygens (including phenoxy) is 2. The average Bonchev–Trinajstić information content (AvgIpc) is 3.85. The van der Waals surface area contributed by atoms with Crippen LogP contribution in [0.2, 0.25) is 20.1 Å². The molecule has 0 bridgehead atoms. The number of rotatable bonds is 11. The predicted molar refractivity (Wildman–Crippen MR) is 196 cm³/mol. The molecule has 0 aliphatic carbocycles. The van der Waals surface area contributed by atoms with Crippen LogP contribution in [0.3, 0.4) is 0 Å². The number of nitrogens with one attached hydrogen (secondary N) is 1. The second-order valence-electron chi connectivity index (χ2n) is 11.4. The summed E-state index contributed by atoms with van der Waals surface area (Å²) in [5.74, 6) is -0.254. The van der Waals surface area contributed by atoms with Crippen molar-refractivity contribution in [3.8, 4) is 17.3 Å². The monoisotopic (exact) mass is 807 g/mol. The van der Waals surface area contributed by atoms with Crippen LogP contribution in [0.25, 0.3) is 11.4 Å². The van der Waals surface area contributed by atoms with Crippen molar-refractivity contribution >= 4 is 52.3 Å². The number of tetrazole rings is 1. The van der Waals surface area contributed by atoms with Gasteiger partial charge in [-0.3, -0.25) is 9.48 Å². The number of aryl methyl sites for hydroxylation is 2. The molecule has 6 aromatic rings. The van der Waals surface area contributed by atoms with E-state index in [9.17, 15) is 18.4 Å². The number of nitrogens with zero attached hydrogens (tertiary/aromatic N) is 8. The van der Waals surface area contributed by atoms with Crippen LogP contribution >= 0.6 is 46.4 Å². The molecular weight excluding hydrogens is 778 g/mol. The lowest BCUT2D eigenvalue weighted by atomic mass is 10.0. The van der Waals surface area contributed by atoms with Crippen molar-refractivity contribution in [2.45, 2.75) is 32.1 Å². The van der Waals surface area contributed by atoms with Gasteiger partial charge in [0, 0.05) is 70.9 Å². The number of methoxy groups -OCH3 is 1. The van der Waals surface area contributed by atoms with E-state index in [1.54, 1.807) is 72.4 Å². The highest BCUT2D eigenvalue weighted by atomic mass is 35.5. The molecule has 6 rings (SSSR count). The van der Waals surface area contributed by atoms with E-state index in [0.717, 1.165) is 10.4 Å². The van der Waals surface area contributed by atoms with Gasteiger partial charge in [0.25, 0.3) is 12.3 Å². The van der Waals surface area contributed by atoms with Crippen molar-refractivity contribution in [3.63, 3.8) is 0 Å².